The standard InChI is InChI=1S/C5H11BrN2/c1-5(2,3)8-7-4-6/h4,8H,1-3H3/b7-4+. The lowest BCUT2D eigenvalue weighted by Crippen LogP contribution is -2.30. The molecule has 0 spiro atoms. The summed E-state index contributed by atoms with van der Waals surface area (Å²) in [5.74, 6) is 0. The number of rotatable bonds is 1. The highest BCUT2D eigenvalue weighted by Gasteiger charge is 2.04. The molecule has 0 aliphatic carbocycles. The van der Waals surface area contributed by atoms with Crippen LogP contribution < -0.4 is 5.43 Å². The summed E-state index contributed by atoms with van der Waals surface area (Å²) in [4.78, 5) is 0. The Labute approximate surface area is 58.5 Å². The Morgan fingerprint density at radius 1 is 1.50 bits per heavy atom. The highest BCUT2D eigenvalue weighted by molar-refractivity contribution is 9.17. The molecule has 1 N–H and O–H groups in total. The summed E-state index contributed by atoms with van der Waals surface area (Å²) in [5.41, 5.74) is 2.97. The van der Waals surface area contributed by atoms with Crippen LogP contribution >= 0.6 is 15.9 Å². The fraction of sp³-hybridized carbons (Fsp3) is 0.800. The number of halogens is 1. The Morgan fingerprint density at radius 2 is 2.00 bits per heavy atom. The van der Waals surface area contributed by atoms with E-state index in [-0.39, 0.29) is 5.54 Å². The minimum absolute atomic E-state index is 0.0737. The monoisotopic (exact) mass is 178 g/mol. The second-order valence-electron chi connectivity index (χ2n) is 2.59. The van der Waals surface area contributed by atoms with Gasteiger partial charge in [0.25, 0.3) is 0 Å². The first-order chi connectivity index (χ1) is 3.56. The predicted molar refractivity (Wildman–Crippen MR) is 40.3 cm³/mol. The summed E-state index contributed by atoms with van der Waals surface area (Å²) in [7, 11) is 0. The third kappa shape index (κ3) is 5.95. The van der Waals surface area contributed by atoms with Gasteiger partial charge < -0.3 is 5.43 Å². The van der Waals surface area contributed by atoms with Crippen LogP contribution in [0.2, 0.25) is 0 Å². The molecule has 0 aliphatic rings. The SMILES string of the molecule is CC(C)(C)N/N=C/Br. The van der Waals surface area contributed by atoms with E-state index in [1.54, 1.807) is 5.12 Å². The van der Waals surface area contributed by atoms with Crippen molar-refractivity contribution in [3.8, 4) is 0 Å². The zero-order valence-electron chi connectivity index (χ0n) is 5.40. The number of hydrogen-bond donors (Lipinski definition) is 1. The molecule has 2 nitrogen and oxygen atoms in total. The third-order valence-corrected chi connectivity index (χ3v) is 0.654. The van der Waals surface area contributed by atoms with Crippen molar-refractivity contribution in [2.75, 3.05) is 0 Å². The van der Waals surface area contributed by atoms with Gasteiger partial charge in [0.15, 0.2) is 0 Å². The molecule has 48 valence electrons. The van der Waals surface area contributed by atoms with Gasteiger partial charge >= 0.3 is 0 Å². The molecule has 0 saturated carbocycles. The van der Waals surface area contributed by atoms with Crippen LogP contribution in [0.25, 0.3) is 0 Å². The highest BCUT2D eigenvalue weighted by atomic mass is 79.9. The van der Waals surface area contributed by atoms with E-state index in [0.29, 0.717) is 0 Å². The minimum Gasteiger partial charge on any atom is -0.304 e. The van der Waals surface area contributed by atoms with Gasteiger partial charge in [-0.15, -0.1) is 0 Å². The van der Waals surface area contributed by atoms with Crippen LogP contribution in [0.5, 0.6) is 0 Å². The van der Waals surface area contributed by atoms with Crippen LogP contribution in [0.4, 0.5) is 0 Å². The molecule has 0 atom stereocenters. The average molecular weight is 179 g/mol. The molecule has 0 bridgehead atoms. The van der Waals surface area contributed by atoms with Gasteiger partial charge in [0.1, 0.15) is 0 Å². The Kier molecular flexibility index (Phi) is 3.05. The summed E-state index contributed by atoms with van der Waals surface area (Å²) in [6.45, 7) is 6.15. The molecular formula is C5H11BrN2. The molecular weight excluding hydrogens is 168 g/mol. The van der Waals surface area contributed by atoms with E-state index in [2.05, 4.69) is 26.5 Å². The molecule has 8 heavy (non-hydrogen) atoms. The molecule has 0 aromatic carbocycles. The molecule has 0 saturated heterocycles. The van der Waals surface area contributed by atoms with Gasteiger partial charge in [-0.1, -0.05) is 0 Å². The van der Waals surface area contributed by atoms with Gasteiger partial charge in [-0.3, -0.25) is 0 Å². The van der Waals surface area contributed by atoms with E-state index >= 15 is 0 Å². The van der Waals surface area contributed by atoms with E-state index in [4.69, 9.17) is 0 Å². The van der Waals surface area contributed by atoms with E-state index in [1.165, 1.54) is 0 Å². The first-order valence-electron chi connectivity index (χ1n) is 2.45. The molecule has 0 unspecified atom stereocenters. The van der Waals surface area contributed by atoms with E-state index < -0.39 is 0 Å². The first kappa shape index (κ1) is 7.95. The Morgan fingerprint density at radius 3 is 2.12 bits per heavy atom. The summed E-state index contributed by atoms with van der Waals surface area (Å²) in [6.07, 6.45) is 0. The summed E-state index contributed by atoms with van der Waals surface area (Å²) >= 11 is 3.05. The Balaban J connectivity index is 3.39. The zero-order chi connectivity index (χ0) is 6.62. The fourth-order valence-electron chi connectivity index (χ4n) is 0.218. The molecule has 0 fully saturated rings. The predicted octanol–water partition coefficient (Wildman–Crippen LogP) is 1.71. The smallest absolute Gasteiger partial charge is 0.0896 e. The van der Waals surface area contributed by atoms with Crippen molar-refractivity contribution >= 4 is 21.1 Å². The molecule has 3 heteroatoms. The van der Waals surface area contributed by atoms with Crippen molar-refractivity contribution in [3.63, 3.8) is 0 Å². The second kappa shape index (κ2) is 3.07. The van der Waals surface area contributed by atoms with Crippen LogP contribution in [-0.4, -0.2) is 10.7 Å². The maximum atomic E-state index is 3.78. The molecule has 0 radical (unpaired) electrons. The van der Waals surface area contributed by atoms with Crippen molar-refractivity contribution in [1.82, 2.24) is 5.43 Å². The maximum absolute atomic E-state index is 3.78. The van der Waals surface area contributed by atoms with Crippen LogP contribution in [0.1, 0.15) is 20.8 Å². The number of nitrogens with one attached hydrogen (secondary N) is 1. The number of hydrazone groups is 1. The number of nitrogens with zero attached hydrogens (tertiary/aromatic N) is 1. The largest absolute Gasteiger partial charge is 0.304 e. The quantitative estimate of drug-likeness (QED) is 0.481. The molecule has 0 rings (SSSR count). The second-order valence-corrected chi connectivity index (χ2v) is 3.00. The molecule has 0 aliphatic heterocycles. The van der Waals surface area contributed by atoms with Crippen molar-refractivity contribution in [1.29, 1.82) is 0 Å². The van der Waals surface area contributed by atoms with Gasteiger partial charge in [-0.25, -0.2) is 0 Å². The molecule has 0 heterocycles. The summed E-state index contributed by atoms with van der Waals surface area (Å²) in [5, 5.41) is 5.34. The topological polar surface area (TPSA) is 24.4 Å². The van der Waals surface area contributed by atoms with Gasteiger partial charge in [-0.05, 0) is 36.7 Å². The molecule has 0 aromatic heterocycles. The maximum Gasteiger partial charge on any atom is 0.0896 e. The van der Waals surface area contributed by atoms with Gasteiger partial charge in [-0.2, -0.15) is 5.10 Å². The van der Waals surface area contributed by atoms with Gasteiger partial charge in [0.05, 0.1) is 5.12 Å². The molecule has 0 aromatic rings. The highest BCUT2D eigenvalue weighted by Crippen LogP contribution is 1.96. The summed E-state index contributed by atoms with van der Waals surface area (Å²) < 4.78 is 0. The fourth-order valence-corrected chi connectivity index (χ4v) is 0.320. The van der Waals surface area contributed by atoms with Crippen molar-refractivity contribution in [2.45, 2.75) is 26.3 Å². The number of hydrogen-bond acceptors (Lipinski definition) is 2. The zero-order valence-corrected chi connectivity index (χ0v) is 6.99. The van der Waals surface area contributed by atoms with Crippen molar-refractivity contribution in [3.05, 3.63) is 0 Å². The third-order valence-electron chi connectivity index (χ3n) is 0.449. The van der Waals surface area contributed by atoms with E-state index in [9.17, 15) is 0 Å². The van der Waals surface area contributed by atoms with Crippen molar-refractivity contribution in [2.24, 2.45) is 5.10 Å². The van der Waals surface area contributed by atoms with E-state index in [1.807, 2.05) is 20.8 Å². The van der Waals surface area contributed by atoms with Crippen LogP contribution in [0.15, 0.2) is 5.10 Å². The van der Waals surface area contributed by atoms with E-state index in [0.717, 1.165) is 0 Å². The normalized spacial score (nSPS) is 12.5. The van der Waals surface area contributed by atoms with Crippen LogP contribution in [0, 0.1) is 0 Å². The minimum atomic E-state index is 0.0737. The first-order valence-corrected chi connectivity index (χ1v) is 3.37. The summed E-state index contributed by atoms with van der Waals surface area (Å²) in [6, 6.07) is 0. The lowest BCUT2D eigenvalue weighted by molar-refractivity contribution is 0.443. The van der Waals surface area contributed by atoms with Crippen LogP contribution in [-0.2, 0) is 0 Å². The Bertz CT molecular complexity index is 82.9. The van der Waals surface area contributed by atoms with Gasteiger partial charge in [0, 0.05) is 5.54 Å². The van der Waals surface area contributed by atoms with Gasteiger partial charge in [0.2, 0.25) is 0 Å². The average Bonchev–Trinajstić information content (AvgIpc) is 1.59. The molecule has 0 amide bonds. The van der Waals surface area contributed by atoms with Crippen LogP contribution in [0.3, 0.4) is 0 Å². The lowest BCUT2D eigenvalue weighted by atomic mass is 10.1. The lowest BCUT2D eigenvalue weighted by Gasteiger charge is -2.16. The Hall–Kier alpha value is -0.0500. The van der Waals surface area contributed by atoms with Crippen molar-refractivity contribution < 1.29 is 0 Å².